The van der Waals surface area contributed by atoms with E-state index >= 15 is 0 Å². The van der Waals surface area contributed by atoms with Gasteiger partial charge in [-0.25, -0.2) is 4.79 Å². The highest BCUT2D eigenvalue weighted by Gasteiger charge is 2.23. The maximum absolute atomic E-state index is 12.9. The first kappa shape index (κ1) is 21.7. The lowest BCUT2D eigenvalue weighted by Crippen LogP contribution is -2.49. The minimum atomic E-state index is -0.687. The standard InChI is InChI=1S/C25H33N3O3/c1-31-16-15-27(25(30)26-19-9-3-2-4-10-19)17-20(29)18-28-23-13-7-5-11-21(23)22-12-6-8-14-24(22)28/h5-8,11-14,19-20,29H,2-4,9-10,15-18H2,1H3,(H,26,30). The number of benzene rings is 2. The Morgan fingerprint density at radius 2 is 1.71 bits per heavy atom. The Labute approximate surface area is 183 Å². The van der Waals surface area contributed by atoms with E-state index in [1.165, 1.54) is 30.0 Å². The molecule has 0 saturated heterocycles. The van der Waals surface area contributed by atoms with Crippen molar-refractivity contribution in [3.05, 3.63) is 48.5 Å². The van der Waals surface area contributed by atoms with Crippen LogP contribution in [0.1, 0.15) is 32.1 Å². The van der Waals surface area contributed by atoms with Crippen molar-refractivity contribution in [2.75, 3.05) is 26.8 Å². The van der Waals surface area contributed by atoms with Crippen LogP contribution >= 0.6 is 0 Å². The van der Waals surface area contributed by atoms with Crippen molar-refractivity contribution in [2.24, 2.45) is 0 Å². The molecule has 3 aromatic rings. The second-order valence-electron chi connectivity index (χ2n) is 8.52. The lowest BCUT2D eigenvalue weighted by Gasteiger charge is -2.30. The molecule has 0 spiro atoms. The molecule has 1 unspecified atom stereocenters. The number of urea groups is 1. The number of methoxy groups -OCH3 is 1. The van der Waals surface area contributed by atoms with Crippen LogP contribution in [-0.2, 0) is 11.3 Å². The van der Waals surface area contributed by atoms with E-state index < -0.39 is 6.10 Å². The average molecular weight is 424 g/mol. The summed E-state index contributed by atoms with van der Waals surface area (Å²) in [6.07, 6.45) is 4.96. The zero-order valence-corrected chi connectivity index (χ0v) is 18.3. The Bertz CT molecular complexity index is 956. The Kier molecular flexibility index (Phi) is 7.10. The quantitative estimate of drug-likeness (QED) is 0.572. The van der Waals surface area contributed by atoms with Crippen LogP contribution < -0.4 is 5.32 Å². The summed E-state index contributed by atoms with van der Waals surface area (Å²) < 4.78 is 7.36. The molecule has 6 nitrogen and oxygen atoms in total. The maximum Gasteiger partial charge on any atom is 0.317 e. The molecule has 1 aliphatic rings. The van der Waals surface area contributed by atoms with Gasteiger partial charge in [-0.05, 0) is 25.0 Å². The molecule has 1 aliphatic carbocycles. The van der Waals surface area contributed by atoms with Gasteiger partial charge in [0.15, 0.2) is 0 Å². The molecule has 166 valence electrons. The fourth-order valence-corrected chi connectivity index (χ4v) is 4.71. The van der Waals surface area contributed by atoms with Crippen LogP contribution in [0.4, 0.5) is 4.79 Å². The summed E-state index contributed by atoms with van der Waals surface area (Å²) in [4.78, 5) is 14.6. The smallest absolute Gasteiger partial charge is 0.317 e. The Morgan fingerprint density at radius 3 is 2.32 bits per heavy atom. The van der Waals surface area contributed by atoms with Crippen LogP contribution in [0.15, 0.2) is 48.5 Å². The third-order valence-corrected chi connectivity index (χ3v) is 6.29. The SMILES string of the molecule is COCCN(CC(O)Cn1c2ccccc2c2ccccc21)C(=O)NC1CCCCC1. The van der Waals surface area contributed by atoms with E-state index in [9.17, 15) is 9.90 Å². The molecule has 2 aromatic carbocycles. The number of hydrogen-bond acceptors (Lipinski definition) is 3. The van der Waals surface area contributed by atoms with Crippen molar-refractivity contribution in [3.63, 3.8) is 0 Å². The first-order valence-corrected chi connectivity index (χ1v) is 11.4. The van der Waals surface area contributed by atoms with Crippen molar-refractivity contribution >= 4 is 27.8 Å². The van der Waals surface area contributed by atoms with Crippen molar-refractivity contribution < 1.29 is 14.6 Å². The molecule has 1 atom stereocenters. The molecule has 2 N–H and O–H groups in total. The molecular weight excluding hydrogens is 390 g/mol. The number of ether oxygens (including phenoxy) is 1. The number of hydrogen-bond donors (Lipinski definition) is 2. The zero-order chi connectivity index (χ0) is 21.6. The molecule has 0 radical (unpaired) electrons. The highest BCUT2D eigenvalue weighted by Crippen LogP contribution is 2.29. The summed E-state index contributed by atoms with van der Waals surface area (Å²) in [6.45, 7) is 1.59. The van der Waals surface area contributed by atoms with Crippen LogP contribution in [0.5, 0.6) is 0 Å². The molecule has 31 heavy (non-hydrogen) atoms. The summed E-state index contributed by atoms with van der Waals surface area (Å²) >= 11 is 0. The fourth-order valence-electron chi connectivity index (χ4n) is 4.71. The lowest BCUT2D eigenvalue weighted by atomic mass is 9.96. The van der Waals surface area contributed by atoms with E-state index in [4.69, 9.17) is 4.74 Å². The molecular formula is C25H33N3O3. The third-order valence-electron chi connectivity index (χ3n) is 6.29. The van der Waals surface area contributed by atoms with Crippen LogP contribution in [0.2, 0.25) is 0 Å². The highest BCUT2D eigenvalue weighted by atomic mass is 16.5. The van der Waals surface area contributed by atoms with Gasteiger partial charge in [0.05, 0.1) is 25.8 Å². The van der Waals surface area contributed by atoms with Gasteiger partial charge in [-0.15, -0.1) is 0 Å². The number of nitrogens with one attached hydrogen (secondary N) is 1. The number of fused-ring (bicyclic) bond motifs is 3. The molecule has 1 saturated carbocycles. The number of amides is 2. The van der Waals surface area contributed by atoms with E-state index in [-0.39, 0.29) is 18.6 Å². The number of aliphatic hydroxyl groups is 1. The maximum atomic E-state index is 12.9. The topological polar surface area (TPSA) is 66.7 Å². The monoisotopic (exact) mass is 423 g/mol. The summed E-state index contributed by atoms with van der Waals surface area (Å²) in [7, 11) is 1.63. The van der Waals surface area contributed by atoms with E-state index in [0.717, 1.165) is 23.9 Å². The molecule has 4 rings (SSSR count). The number of carbonyl (C=O) groups excluding carboxylic acids is 1. The summed E-state index contributed by atoms with van der Waals surface area (Å²) in [6, 6.07) is 16.6. The van der Waals surface area contributed by atoms with E-state index in [2.05, 4.69) is 34.1 Å². The molecule has 2 amide bonds. The van der Waals surface area contributed by atoms with Gasteiger partial charge < -0.3 is 24.6 Å². The average Bonchev–Trinajstić information content (AvgIpc) is 3.11. The van der Waals surface area contributed by atoms with Gasteiger partial charge in [-0.2, -0.15) is 0 Å². The van der Waals surface area contributed by atoms with Gasteiger partial charge in [0.25, 0.3) is 0 Å². The molecule has 1 fully saturated rings. The van der Waals surface area contributed by atoms with Gasteiger partial charge in [0.2, 0.25) is 0 Å². The second kappa shape index (κ2) is 10.2. The van der Waals surface area contributed by atoms with Gasteiger partial charge >= 0.3 is 6.03 Å². The van der Waals surface area contributed by atoms with E-state index in [1.54, 1.807) is 12.0 Å². The van der Waals surface area contributed by atoms with Crippen molar-refractivity contribution in [1.29, 1.82) is 0 Å². The van der Waals surface area contributed by atoms with Gasteiger partial charge in [-0.1, -0.05) is 55.7 Å². The molecule has 0 aliphatic heterocycles. The van der Waals surface area contributed by atoms with Crippen molar-refractivity contribution in [1.82, 2.24) is 14.8 Å². The summed E-state index contributed by atoms with van der Waals surface area (Å²) in [5.74, 6) is 0. The fraction of sp³-hybridized carbons (Fsp3) is 0.480. The van der Waals surface area contributed by atoms with Crippen LogP contribution in [-0.4, -0.2) is 59.6 Å². The molecule has 0 bridgehead atoms. The number of aromatic nitrogens is 1. The first-order valence-electron chi connectivity index (χ1n) is 11.4. The van der Waals surface area contributed by atoms with Gasteiger partial charge in [0.1, 0.15) is 0 Å². The van der Waals surface area contributed by atoms with E-state index in [1.807, 2.05) is 24.3 Å². The zero-order valence-electron chi connectivity index (χ0n) is 18.3. The number of aliphatic hydroxyl groups excluding tert-OH is 1. The normalized spacial score (nSPS) is 15.9. The molecule has 1 aromatic heterocycles. The predicted octanol–water partition coefficient (Wildman–Crippen LogP) is 4.15. The minimum absolute atomic E-state index is 0.106. The Hall–Kier alpha value is -2.57. The van der Waals surface area contributed by atoms with Crippen LogP contribution in [0.3, 0.4) is 0 Å². The van der Waals surface area contributed by atoms with Gasteiger partial charge in [-0.3, -0.25) is 0 Å². The molecule has 6 heteroatoms. The second-order valence-corrected chi connectivity index (χ2v) is 8.52. The summed E-state index contributed by atoms with van der Waals surface area (Å²) in [5, 5.41) is 16.5. The van der Waals surface area contributed by atoms with Crippen LogP contribution in [0.25, 0.3) is 21.8 Å². The van der Waals surface area contributed by atoms with Crippen molar-refractivity contribution in [2.45, 2.75) is 50.8 Å². The van der Waals surface area contributed by atoms with Crippen LogP contribution in [0, 0.1) is 0 Å². The first-order chi connectivity index (χ1) is 15.2. The highest BCUT2D eigenvalue weighted by molar-refractivity contribution is 6.07. The minimum Gasteiger partial charge on any atom is -0.389 e. The van der Waals surface area contributed by atoms with Crippen molar-refractivity contribution in [3.8, 4) is 0 Å². The Balaban J connectivity index is 1.49. The lowest BCUT2D eigenvalue weighted by molar-refractivity contribution is 0.0907. The van der Waals surface area contributed by atoms with E-state index in [0.29, 0.717) is 19.7 Å². The number of rotatable bonds is 8. The number of nitrogens with zero attached hydrogens (tertiary/aromatic N) is 2. The Morgan fingerprint density at radius 1 is 1.10 bits per heavy atom. The third kappa shape index (κ3) is 5.02. The van der Waals surface area contributed by atoms with Gasteiger partial charge in [0, 0.05) is 41.5 Å². The molecule has 1 heterocycles. The predicted molar refractivity (Wildman–Crippen MR) is 124 cm³/mol. The number of carbonyl (C=O) groups is 1. The summed E-state index contributed by atoms with van der Waals surface area (Å²) in [5.41, 5.74) is 2.19. The largest absolute Gasteiger partial charge is 0.389 e. The number of para-hydroxylation sites is 2.